The van der Waals surface area contributed by atoms with Gasteiger partial charge < -0.3 is 9.84 Å². The summed E-state index contributed by atoms with van der Waals surface area (Å²) in [6.07, 6.45) is 1.67. The maximum atomic E-state index is 13.2. The predicted octanol–water partition coefficient (Wildman–Crippen LogP) is 5.47. The fourth-order valence-electron chi connectivity index (χ4n) is 3.12. The zero-order chi connectivity index (χ0) is 21.3. The van der Waals surface area contributed by atoms with Gasteiger partial charge in [0.15, 0.2) is 10.9 Å². The third-order valence-corrected chi connectivity index (χ3v) is 6.21. The van der Waals surface area contributed by atoms with Crippen molar-refractivity contribution in [3.8, 4) is 5.75 Å². The first-order valence-electron chi connectivity index (χ1n) is 8.84. The van der Waals surface area contributed by atoms with Crippen molar-refractivity contribution < 1.29 is 19.4 Å². The molecule has 0 atom stereocenters. The van der Waals surface area contributed by atoms with Crippen molar-refractivity contribution in [3.63, 3.8) is 0 Å². The van der Waals surface area contributed by atoms with Crippen LogP contribution >= 0.6 is 39.9 Å². The molecular weight excluding hydrogens is 486 g/mol. The van der Waals surface area contributed by atoms with E-state index < -0.39 is 12.6 Å². The summed E-state index contributed by atoms with van der Waals surface area (Å²) in [7, 11) is 0. The van der Waals surface area contributed by atoms with Gasteiger partial charge in [-0.15, -0.1) is 0 Å². The number of thiocarbonyl (C=S) groups is 1. The molecule has 0 radical (unpaired) electrons. The van der Waals surface area contributed by atoms with E-state index in [1.165, 1.54) is 16.7 Å². The van der Waals surface area contributed by atoms with Crippen LogP contribution in [0, 0.1) is 0 Å². The number of aliphatic carboxylic acids is 1. The van der Waals surface area contributed by atoms with Gasteiger partial charge in [-0.1, -0.05) is 76.3 Å². The van der Waals surface area contributed by atoms with Crippen LogP contribution in [0.15, 0.2) is 70.0 Å². The fourth-order valence-corrected chi connectivity index (χ4v) is 4.78. The summed E-state index contributed by atoms with van der Waals surface area (Å²) in [6, 6.07) is 18.7. The van der Waals surface area contributed by atoms with Gasteiger partial charge in [0.05, 0.1) is 10.6 Å². The molecule has 1 saturated heterocycles. The molecule has 1 aliphatic rings. The Morgan fingerprint density at radius 2 is 1.93 bits per heavy atom. The van der Waals surface area contributed by atoms with Gasteiger partial charge in [-0.2, -0.15) is 0 Å². The third kappa shape index (κ3) is 4.12. The summed E-state index contributed by atoms with van der Waals surface area (Å²) < 4.78 is 6.58. The summed E-state index contributed by atoms with van der Waals surface area (Å²) >= 11 is 10.1. The molecule has 1 amide bonds. The predicted molar refractivity (Wildman–Crippen MR) is 127 cm³/mol. The monoisotopic (exact) mass is 499 g/mol. The van der Waals surface area contributed by atoms with Crippen LogP contribution in [-0.2, 0) is 9.59 Å². The van der Waals surface area contributed by atoms with Gasteiger partial charge in [0, 0.05) is 15.4 Å². The van der Waals surface area contributed by atoms with Crippen molar-refractivity contribution in [2.45, 2.75) is 0 Å². The van der Waals surface area contributed by atoms with Crippen LogP contribution in [0.25, 0.3) is 16.8 Å². The van der Waals surface area contributed by atoms with Gasteiger partial charge in [-0.3, -0.25) is 9.69 Å². The summed E-state index contributed by atoms with van der Waals surface area (Å²) in [6.45, 7) is -0.473. The van der Waals surface area contributed by atoms with Crippen LogP contribution in [0.4, 0.5) is 5.69 Å². The van der Waals surface area contributed by atoms with Gasteiger partial charge in [0.25, 0.3) is 5.91 Å². The molecule has 4 rings (SSSR count). The first-order valence-corrected chi connectivity index (χ1v) is 10.9. The van der Waals surface area contributed by atoms with E-state index in [1.807, 2.05) is 42.5 Å². The number of benzene rings is 3. The van der Waals surface area contributed by atoms with Gasteiger partial charge in [0.2, 0.25) is 0 Å². The number of carbonyl (C=O) groups excluding carboxylic acids is 1. The summed E-state index contributed by atoms with van der Waals surface area (Å²) in [5, 5.41) is 10.9. The SMILES string of the molecule is O=C(O)COc1ccc(Br)cc1/C=C1\SC(=S)N(c2cccc3ccccc23)C1=O. The highest BCUT2D eigenvalue weighted by molar-refractivity contribution is 9.10. The van der Waals surface area contributed by atoms with Crippen molar-refractivity contribution >= 4 is 78.6 Å². The third-order valence-electron chi connectivity index (χ3n) is 4.41. The molecule has 0 bridgehead atoms. The molecule has 1 N–H and O–H groups in total. The maximum absolute atomic E-state index is 13.2. The number of anilines is 1. The van der Waals surface area contributed by atoms with Crippen LogP contribution in [0.3, 0.4) is 0 Å². The van der Waals surface area contributed by atoms with Gasteiger partial charge in [0.1, 0.15) is 5.75 Å². The Kier molecular flexibility index (Phi) is 5.90. The Labute approximate surface area is 190 Å². The zero-order valence-electron chi connectivity index (χ0n) is 15.4. The fraction of sp³-hybridized carbons (Fsp3) is 0.0455. The quantitative estimate of drug-likeness (QED) is 0.370. The number of thioether (sulfide) groups is 1. The molecule has 3 aromatic rings. The van der Waals surface area contributed by atoms with Crippen LogP contribution < -0.4 is 9.64 Å². The van der Waals surface area contributed by atoms with E-state index in [9.17, 15) is 9.59 Å². The first-order chi connectivity index (χ1) is 14.4. The number of ether oxygens (including phenoxy) is 1. The second-order valence-corrected chi connectivity index (χ2v) is 8.97. The van der Waals surface area contributed by atoms with E-state index in [4.69, 9.17) is 22.1 Å². The minimum Gasteiger partial charge on any atom is -0.481 e. The minimum atomic E-state index is -1.08. The standard InChI is InChI=1S/C22H14BrNO4S2/c23-15-8-9-18(28-12-20(25)26)14(10-15)11-19-21(27)24(22(29)30-19)17-7-3-5-13-4-1-2-6-16(13)17/h1-11H,12H2,(H,25,26)/b19-11-. The molecule has 0 unspecified atom stereocenters. The number of carboxylic acid groups (broad SMARTS) is 1. The smallest absolute Gasteiger partial charge is 0.341 e. The highest BCUT2D eigenvalue weighted by Crippen LogP contribution is 2.40. The van der Waals surface area contributed by atoms with Crippen LogP contribution in [-0.4, -0.2) is 27.9 Å². The molecule has 30 heavy (non-hydrogen) atoms. The number of carboxylic acids is 1. The lowest BCUT2D eigenvalue weighted by molar-refractivity contribution is -0.139. The van der Waals surface area contributed by atoms with Crippen LogP contribution in [0.5, 0.6) is 5.75 Å². The molecule has 0 aliphatic carbocycles. The Balaban J connectivity index is 1.72. The molecule has 0 saturated carbocycles. The van der Waals surface area contributed by atoms with E-state index in [0.29, 0.717) is 20.5 Å². The first kappa shape index (κ1) is 20.6. The van der Waals surface area contributed by atoms with Gasteiger partial charge >= 0.3 is 5.97 Å². The van der Waals surface area contributed by atoms with E-state index in [1.54, 1.807) is 24.3 Å². The maximum Gasteiger partial charge on any atom is 0.341 e. The van der Waals surface area contributed by atoms with E-state index in [-0.39, 0.29) is 5.91 Å². The van der Waals surface area contributed by atoms with Crippen LogP contribution in [0.1, 0.15) is 5.56 Å². The lowest BCUT2D eigenvalue weighted by atomic mass is 10.1. The number of hydrogen-bond donors (Lipinski definition) is 1. The second kappa shape index (κ2) is 8.59. The highest BCUT2D eigenvalue weighted by Gasteiger charge is 2.34. The summed E-state index contributed by atoms with van der Waals surface area (Å²) in [5.41, 5.74) is 1.32. The second-order valence-electron chi connectivity index (χ2n) is 6.38. The Morgan fingerprint density at radius 3 is 2.73 bits per heavy atom. The number of nitrogens with zero attached hydrogens (tertiary/aromatic N) is 1. The van der Waals surface area contributed by atoms with E-state index >= 15 is 0 Å². The number of rotatable bonds is 5. The molecule has 0 aromatic heterocycles. The van der Waals surface area contributed by atoms with Crippen molar-refractivity contribution in [2.75, 3.05) is 11.5 Å². The molecule has 5 nitrogen and oxygen atoms in total. The van der Waals surface area contributed by atoms with E-state index in [0.717, 1.165) is 20.9 Å². The Hall–Kier alpha value is -2.68. The van der Waals surface area contributed by atoms with E-state index in [2.05, 4.69) is 15.9 Å². The van der Waals surface area contributed by atoms with Gasteiger partial charge in [-0.25, -0.2) is 4.79 Å². The molecule has 1 aliphatic heterocycles. The minimum absolute atomic E-state index is 0.231. The molecular formula is C22H14BrNO4S2. The van der Waals surface area contributed by atoms with Crippen molar-refractivity contribution in [1.82, 2.24) is 0 Å². The number of amides is 1. The number of halogens is 1. The Morgan fingerprint density at radius 1 is 1.17 bits per heavy atom. The molecule has 3 aromatic carbocycles. The lowest BCUT2D eigenvalue weighted by Gasteiger charge is -2.17. The van der Waals surface area contributed by atoms with Crippen molar-refractivity contribution in [2.24, 2.45) is 0 Å². The number of carbonyl (C=O) groups is 2. The molecule has 1 fully saturated rings. The van der Waals surface area contributed by atoms with Crippen molar-refractivity contribution in [3.05, 3.63) is 75.6 Å². The highest BCUT2D eigenvalue weighted by atomic mass is 79.9. The largest absolute Gasteiger partial charge is 0.481 e. The molecule has 150 valence electrons. The average molecular weight is 500 g/mol. The van der Waals surface area contributed by atoms with Gasteiger partial charge in [-0.05, 0) is 35.7 Å². The zero-order valence-corrected chi connectivity index (χ0v) is 18.6. The molecule has 1 heterocycles. The van der Waals surface area contributed by atoms with Crippen molar-refractivity contribution in [1.29, 1.82) is 0 Å². The Bertz CT molecular complexity index is 1220. The average Bonchev–Trinajstić information content (AvgIpc) is 3.00. The lowest BCUT2D eigenvalue weighted by Crippen LogP contribution is -2.27. The number of hydrogen-bond acceptors (Lipinski definition) is 5. The molecule has 0 spiro atoms. The molecule has 8 heteroatoms. The summed E-state index contributed by atoms with van der Waals surface area (Å²) in [4.78, 5) is 26.1. The number of fused-ring (bicyclic) bond motifs is 1. The normalized spacial score (nSPS) is 15.2. The van der Waals surface area contributed by atoms with Crippen LogP contribution in [0.2, 0.25) is 0 Å². The summed E-state index contributed by atoms with van der Waals surface area (Å²) in [5.74, 6) is -0.937. The topological polar surface area (TPSA) is 66.8 Å².